The monoisotopic (exact) mass is 259 g/mol. The summed E-state index contributed by atoms with van der Waals surface area (Å²) in [4.78, 5) is 0. The van der Waals surface area contributed by atoms with Crippen molar-refractivity contribution in [3.63, 3.8) is 0 Å². The maximum Gasteiger partial charge on any atom is 0.146 e. The predicted octanol–water partition coefficient (Wildman–Crippen LogP) is 3.36. The van der Waals surface area contributed by atoms with Crippen LogP contribution >= 0.6 is 11.6 Å². The van der Waals surface area contributed by atoms with Crippen molar-refractivity contribution >= 4 is 22.8 Å². The Bertz CT molecular complexity index is 708. The Hall–Kier alpha value is -2.20. The quantitative estimate of drug-likeness (QED) is 0.718. The van der Waals surface area contributed by atoms with Crippen LogP contribution in [0.4, 0.5) is 5.69 Å². The van der Waals surface area contributed by atoms with Crippen LogP contribution in [-0.4, -0.2) is 9.61 Å². The molecule has 0 aliphatic rings. The van der Waals surface area contributed by atoms with Gasteiger partial charge in [0.2, 0.25) is 0 Å². The van der Waals surface area contributed by atoms with Crippen molar-refractivity contribution in [1.82, 2.24) is 9.61 Å². The first-order valence-electron chi connectivity index (χ1n) is 5.39. The van der Waals surface area contributed by atoms with Crippen LogP contribution in [0, 0.1) is 0 Å². The number of hydrogen-bond donors (Lipinski definition) is 1. The van der Waals surface area contributed by atoms with Gasteiger partial charge in [0.25, 0.3) is 0 Å². The number of hydrogen-bond acceptors (Lipinski definition) is 3. The molecule has 0 spiro atoms. The molecular weight excluding hydrogens is 250 g/mol. The summed E-state index contributed by atoms with van der Waals surface area (Å²) < 4.78 is 7.47. The summed E-state index contributed by atoms with van der Waals surface area (Å²) in [7, 11) is 0. The van der Waals surface area contributed by atoms with Gasteiger partial charge in [0, 0.05) is 24.1 Å². The number of anilines is 1. The van der Waals surface area contributed by atoms with Crippen molar-refractivity contribution in [2.75, 3.05) is 5.73 Å². The molecule has 0 bridgehead atoms. The Kier molecular flexibility index (Phi) is 2.57. The molecule has 0 aliphatic carbocycles. The van der Waals surface area contributed by atoms with Gasteiger partial charge in [0.05, 0.1) is 10.5 Å². The number of aromatic nitrogens is 2. The summed E-state index contributed by atoms with van der Waals surface area (Å²) in [5.74, 6) is 1.28. The Morgan fingerprint density at radius 3 is 2.89 bits per heavy atom. The van der Waals surface area contributed by atoms with Crippen LogP contribution in [0.2, 0.25) is 5.02 Å². The maximum atomic E-state index is 6.05. The molecule has 0 unspecified atom stereocenters. The van der Waals surface area contributed by atoms with Gasteiger partial charge < -0.3 is 10.5 Å². The Morgan fingerprint density at radius 1 is 1.17 bits per heavy atom. The van der Waals surface area contributed by atoms with Gasteiger partial charge in [-0.2, -0.15) is 5.10 Å². The van der Waals surface area contributed by atoms with Gasteiger partial charge in [-0.3, -0.25) is 0 Å². The third-order valence-electron chi connectivity index (χ3n) is 2.55. The predicted molar refractivity (Wildman–Crippen MR) is 71.1 cm³/mol. The minimum Gasteiger partial charge on any atom is -0.456 e. The van der Waals surface area contributed by atoms with Crippen LogP contribution in [0.5, 0.6) is 11.5 Å². The smallest absolute Gasteiger partial charge is 0.146 e. The zero-order chi connectivity index (χ0) is 12.5. The third-order valence-corrected chi connectivity index (χ3v) is 2.85. The lowest BCUT2D eigenvalue weighted by atomic mass is 10.3. The number of nitrogens with zero attached hydrogens (tertiary/aromatic N) is 2. The van der Waals surface area contributed by atoms with Crippen LogP contribution < -0.4 is 10.5 Å². The average molecular weight is 260 g/mol. The lowest BCUT2D eigenvalue weighted by Crippen LogP contribution is -1.90. The average Bonchev–Trinajstić information content (AvgIpc) is 2.80. The first kappa shape index (κ1) is 10.9. The number of halogens is 1. The van der Waals surface area contributed by atoms with E-state index >= 15 is 0 Å². The summed E-state index contributed by atoms with van der Waals surface area (Å²) in [5.41, 5.74) is 7.20. The van der Waals surface area contributed by atoms with Gasteiger partial charge in [0.15, 0.2) is 0 Å². The fourth-order valence-electron chi connectivity index (χ4n) is 1.69. The number of pyridine rings is 1. The van der Waals surface area contributed by atoms with E-state index in [0.29, 0.717) is 22.2 Å². The van der Waals surface area contributed by atoms with Crippen molar-refractivity contribution in [1.29, 1.82) is 0 Å². The molecule has 4 nitrogen and oxygen atoms in total. The van der Waals surface area contributed by atoms with Gasteiger partial charge in [-0.15, -0.1) is 0 Å². The lowest BCUT2D eigenvalue weighted by Gasteiger charge is -2.08. The number of ether oxygens (including phenoxy) is 1. The molecule has 0 saturated carbocycles. The molecule has 0 saturated heterocycles. The van der Waals surface area contributed by atoms with Crippen LogP contribution in [0.15, 0.2) is 48.8 Å². The molecule has 0 radical (unpaired) electrons. The Morgan fingerprint density at radius 2 is 2.06 bits per heavy atom. The fourth-order valence-corrected chi connectivity index (χ4v) is 1.92. The second kappa shape index (κ2) is 4.23. The van der Waals surface area contributed by atoms with Crippen LogP contribution in [0.3, 0.4) is 0 Å². The van der Waals surface area contributed by atoms with E-state index in [1.165, 1.54) is 0 Å². The molecule has 3 rings (SSSR count). The molecule has 2 N–H and O–H groups in total. The molecule has 5 heteroatoms. The highest BCUT2D eigenvalue weighted by atomic mass is 35.5. The van der Waals surface area contributed by atoms with Crippen molar-refractivity contribution in [3.8, 4) is 11.5 Å². The minimum atomic E-state index is 0.489. The maximum absolute atomic E-state index is 6.05. The molecule has 0 fully saturated rings. The van der Waals surface area contributed by atoms with E-state index in [1.807, 2.05) is 24.4 Å². The third kappa shape index (κ3) is 1.98. The molecular formula is C13H10ClN3O. The SMILES string of the molecule is Nc1ccc(Oc2ccn3nccc3c2)c(Cl)c1. The van der Waals surface area contributed by atoms with E-state index in [4.69, 9.17) is 22.1 Å². The van der Waals surface area contributed by atoms with Crippen LogP contribution in [-0.2, 0) is 0 Å². The second-order valence-electron chi connectivity index (χ2n) is 3.86. The molecule has 0 aliphatic heterocycles. The molecule has 18 heavy (non-hydrogen) atoms. The van der Waals surface area contributed by atoms with Gasteiger partial charge in [0.1, 0.15) is 11.5 Å². The summed E-state index contributed by atoms with van der Waals surface area (Å²) in [6.07, 6.45) is 3.56. The summed E-state index contributed by atoms with van der Waals surface area (Å²) in [5, 5.41) is 4.60. The van der Waals surface area contributed by atoms with Crippen molar-refractivity contribution < 1.29 is 4.74 Å². The summed E-state index contributed by atoms with van der Waals surface area (Å²) >= 11 is 6.05. The lowest BCUT2D eigenvalue weighted by molar-refractivity contribution is 0.482. The molecule has 2 aromatic heterocycles. The van der Waals surface area contributed by atoms with E-state index in [2.05, 4.69) is 5.10 Å². The zero-order valence-electron chi connectivity index (χ0n) is 9.38. The summed E-state index contributed by atoms with van der Waals surface area (Å²) in [6.45, 7) is 0. The number of nitrogen functional groups attached to an aromatic ring is 1. The second-order valence-corrected chi connectivity index (χ2v) is 4.26. The molecule has 90 valence electrons. The molecule has 3 aromatic rings. The Labute approximate surface area is 109 Å². The molecule has 1 aromatic carbocycles. The highest BCUT2D eigenvalue weighted by molar-refractivity contribution is 6.32. The van der Waals surface area contributed by atoms with Crippen LogP contribution in [0.25, 0.3) is 5.52 Å². The normalized spacial score (nSPS) is 10.7. The largest absolute Gasteiger partial charge is 0.456 e. The molecule has 2 heterocycles. The van der Waals surface area contributed by atoms with Crippen molar-refractivity contribution in [2.45, 2.75) is 0 Å². The standard InChI is InChI=1S/C13H10ClN3O/c14-12-7-9(15)1-2-13(12)18-11-4-6-17-10(8-11)3-5-16-17/h1-8H,15H2. The van der Waals surface area contributed by atoms with E-state index in [-0.39, 0.29) is 0 Å². The van der Waals surface area contributed by atoms with Crippen molar-refractivity contribution in [2.24, 2.45) is 0 Å². The number of nitrogens with two attached hydrogens (primary N) is 1. The van der Waals surface area contributed by atoms with Crippen LogP contribution in [0.1, 0.15) is 0 Å². The summed E-state index contributed by atoms with van der Waals surface area (Å²) in [6, 6.07) is 10.8. The van der Waals surface area contributed by atoms with E-state index < -0.39 is 0 Å². The topological polar surface area (TPSA) is 52.5 Å². The van der Waals surface area contributed by atoms with E-state index in [0.717, 1.165) is 5.52 Å². The van der Waals surface area contributed by atoms with Gasteiger partial charge in [-0.05, 0) is 30.3 Å². The first-order chi connectivity index (χ1) is 8.72. The van der Waals surface area contributed by atoms with Gasteiger partial charge in [-0.1, -0.05) is 11.6 Å². The highest BCUT2D eigenvalue weighted by Gasteiger charge is 2.04. The number of rotatable bonds is 2. The molecule has 0 amide bonds. The molecule has 0 atom stereocenters. The number of fused-ring (bicyclic) bond motifs is 1. The van der Waals surface area contributed by atoms with Gasteiger partial charge in [-0.25, -0.2) is 4.52 Å². The van der Waals surface area contributed by atoms with E-state index in [9.17, 15) is 0 Å². The fraction of sp³-hybridized carbons (Fsp3) is 0. The Balaban J connectivity index is 1.95. The highest BCUT2D eigenvalue weighted by Crippen LogP contribution is 2.31. The van der Waals surface area contributed by atoms with E-state index in [1.54, 1.807) is 28.9 Å². The van der Waals surface area contributed by atoms with Crippen molar-refractivity contribution in [3.05, 3.63) is 53.8 Å². The first-order valence-corrected chi connectivity index (χ1v) is 5.76. The zero-order valence-corrected chi connectivity index (χ0v) is 10.1. The van der Waals surface area contributed by atoms with Gasteiger partial charge >= 0.3 is 0 Å². The number of benzene rings is 1. The minimum absolute atomic E-state index is 0.489.